The Morgan fingerprint density at radius 2 is 2.10 bits per heavy atom. The van der Waals surface area contributed by atoms with Crippen molar-refractivity contribution < 1.29 is 14.3 Å². The molecule has 0 bridgehead atoms. The van der Waals surface area contributed by atoms with Gasteiger partial charge in [0, 0.05) is 49.6 Å². The predicted molar refractivity (Wildman–Crippen MR) is 117 cm³/mol. The van der Waals surface area contributed by atoms with Crippen LogP contribution in [0.2, 0.25) is 0 Å². The monoisotopic (exact) mass is 425 g/mol. The summed E-state index contributed by atoms with van der Waals surface area (Å²) in [6.45, 7) is 2.57. The maximum atomic E-state index is 12.6. The van der Waals surface area contributed by atoms with Gasteiger partial charge in [-0.05, 0) is 62.6 Å². The van der Waals surface area contributed by atoms with Crippen molar-refractivity contribution in [1.82, 2.24) is 25.3 Å². The highest BCUT2D eigenvalue weighted by molar-refractivity contribution is 5.94. The molecule has 8 heteroatoms. The Morgan fingerprint density at radius 1 is 1.23 bits per heavy atom. The summed E-state index contributed by atoms with van der Waals surface area (Å²) in [4.78, 5) is 27.2. The van der Waals surface area contributed by atoms with Crippen LogP contribution >= 0.6 is 0 Å². The van der Waals surface area contributed by atoms with E-state index in [-0.39, 0.29) is 23.9 Å². The summed E-state index contributed by atoms with van der Waals surface area (Å²) in [5, 5.41) is 10.2. The van der Waals surface area contributed by atoms with Gasteiger partial charge in [0.1, 0.15) is 5.75 Å². The minimum atomic E-state index is -0.0541. The van der Waals surface area contributed by atoms with Gasteiger partial charge in [-0.1, -0.05) is 0 Å². The molecule has 2 N–H and O–H groups in total. The van der Waals surface area contributed by atoms with Gasteiger partial charge in [0.2, 0.25) is 5.91 Å². The highest BCUT2D eigenvalue weighted by Crippen LogP contribution is 2.26. The summed E-state index contributed by atoms with van der Waals surface area (Å²) in [5.74, 6) is 0.899. The molecule has 2 aliphatic heterocycles. The number of hydrogen-bond donors (Lipinski definition) is 2. The second kappa shape index (κ2) is 9.96. The van der Waals surface area contributed by atoms with E-state index in [0.29, 0.717) is 31.6 Å². The van der Waals surface area contributed by atoms with Crippen LogP contribution in [0.15, 0.2) is 36.7 Å². The number of amides is 2. The smallest absolute Gasteiger partial charge is 0.251 e. The first-order valence-electron chi connectivity index (χ1n) is 11.1. The van der Waals surface area contributed by atoms with Crippen molar-refractivity contribution in [2.24, 2.45) is 0 Å². The van der Waals surface area contributed by atoms with Crippen LogP contribution < -0.4 is 15.4 Å². The maximum absolute atomic E-state index is 12.6. The summed E-state index contributed by atoms with van der Waals surface area (Å²) in [6, 6.07) is 7.98. The van der Waals surface area contributed by atoms with Crippen molar-refractivity contribution >= 4 is 11.8 Å². The van der Waals surface area contributed by atoms with Crippen LogP contribution in [0.4, 0.5) is 0 Å². The lowest BCUT2D eigenvalue weighted by atomic mass is 10.0. The molecule has 3 heterocycles. The van der Waals surface area contributed by atoms with Gasteiger partial charge in [0.15, 0.2) is 0 Å². The Bertz CT molecular complexity index is 899. The molecule has 0 aliphatic carbocycles. The van der Waals surface area contributed by atoms with Gasteiger partial charge in [-0.3, -0.25) is 19.2 Å². The number of benzene rings is 1. The topological polar surface area (TPSA) is 88.5 Å². The first-order valence-corrected chi connectivity index (χ1v) is 11.1. The molecular weight excluding hydrogens is 394 g/mol. The van der Waals surface area contributed by atoms with Crippen LogP contribution in [0.1, 0.15) is 41.6 Å². The third-order valence-electron chi connectivity index (χ3n) is 6.30. The zero-order valence-corrected chi connectivity index (χ0v) is 18.0. The molecule has 0 saturated carbocycles. The zero-order valence-electron chi connectivity index (χ0n) is 18.0. The fraction of sp³-hybridized carbons (Fsp3) is 0.522. The maximum Gasteiger partial charge on any atom is 0.251 e. The molecule has 1 aromatic carbocycles. The van der Waals surface area contributed by atoms with Crippen molar-refractivity contribution in [1.29, 1.82) is 0 Å². The molecule has 0 unspecified atom stereocenters. The minimum Gasteiger partial charge on any atom is -0.493 e. The number of aromatic nitrogens is 2. The van der Waals surface area contributed by atoms with Crippen LogP contribution in [0.5, 0.6) is 5.75 Å². The number of carbonyl (C=O) groups is 2. The van der Waals surface area contributed by atoms with Crippen LogP contribution in [-0.4, -0.2) is 65.3 Å². The number of ether oxygens (including phenoxy) is 1. The van der Waals surface area contributed by atoms with E-state index < -0.39 is 0 Å². The SMILES string of the molecule is CN1[C@@H](CC(=O)NCCn2cccn2)CC[C@H]1CNC(=O)c1ccc2c(c1)CCCO2. The Morgan fingerprint density at radius 3 is 2.94 bits per heavy atom. The van der Waals surface area contributed by atoms with Gasteiger partial charge in [-0.2, -0.15) is 5.10 Å². The summed E-state index contributed by atoms with van der Waals surface area (Å²) >= 11 is 0. The number of hydrogen-bond acceptors (Lipinski definition) is 5. The fourth-order valence-electron chi connectivity index (χ4n) is 4.43. The first kappa shape index (κ1) is 21.4. The molecule has 4 rings (SSSR count). The molecule has 8 nitrogen and oxygen atoms in total. The summed E-state index contributed by atoms with van der Waals surface area (Å²) in [6.07, 6.45) is 7.96. The van der Waals surface area contributed by atoms with Crippen molar-refractivity contribution in [3.8, 4) is 5.75 Å². The van der Waals surface area contributed by atoms with E-state index in [1.807, 2.05) is 37.5 Å². The number of rotatable bonds is 8. The van der Waals surface area contributed by atoms with Crippen molar-refractivity contribution in [2.75, 3.05) is 26.7 Å². The average Bonchev–Trinajstić information content (AvgIpc) is 3.42. The first-order chi connectivity index (χ1) is 15.1. The molecule has 2 amide bonds. The number of likely N-dealkylation sites (N-methyl/N-ethyl adjacent to an activating group) is 1. The number of aryl methyl sites for hydroxylation is 1. The number of likely N-dealkylation sites (tertiary alicyclic amines) is 1. The van der Waals surface area contributed by atoms with Gasteiger partial charge < -0.3 is 15.4 Å². The lowest BCUT2D eigenvalue weighted by Crippen LogP contribution is -2.42. The molecule has 166 valence electrons. The van der Waals surface area contributed by atoms with Crippen molar-refractivity contribution in [3.63, 3.8) is 0 Å². The third kappa shape index (κ3) is 5.44. The standard InChI is InChI=1S/C23H31N5O3/c1-27-19(15-22(29)24-10-12-28-11-3-9-26-28)6-7-20(27)16-25-23(30)18-5-8-21-17(14-18)4-2-13-31-21/h3,5,8-9,11,14,19-20H,2,4,6-7,10,12-13,15-16H2,1H3,(H,24,29)(H,25,30)/t19-,20+/m1/s1. The molecule has 0 spiro atoms. The fourth-order valence-corrected chi connectivity index (χ4v) is 4.43. The van der Waals surface area contributed by atoms with Crippen molar-refractivity contribution in [3.05, 3.63) is 47.8 Å². The Labute approximate surface area is 182 Å². The number of fused-ring (bicyclic) bond motifs is 1. The quantitative estimate of drug-likeness (QED) is 0.671. The van der Waals surface area contributed by atoms with Crippen LogP contribution in [0.3, 0.4) is 0 Å². The molecule has 1 fully saturated rings. The number of nitrogens with one attached hydrogen (secondary N) is 2. The normalized spacial score (nSPS) is 20.7. The molecule has 1 saturated heterocycles. The van der Waals surface area contributed by atoms with Gasteiger partial charge in [-0.15, -0.1) is 0 Å². The third-order valence-corrected chi connectivity index (χ3v) is 6.30. The summed E-state index contributed by atoms with van der Waals surface area (Å²) in [5.41, 5.74) is 1.79. The number of nitrogens with zero attached hydrogens (tertiary/aromatic N) is 3. The lowest BCUT2D eigenvalue weighted by Gasteiger charge is -2.26. The highest BCUT2D eigenvalue weighted by Gasteiger charge is 2.31. The molecule has 2 atom stereocenters. The minimum absolute atomic E-state index is 0.0541. The van der Waals surface area contributed by atoms with Crippen LogP contribution in [0, 0.1) is 0 Å². The molecule has 2 aliphatic rings. The largest absolute Gasteiger partial charge is 0.493 e. The molecular formula is C23H31N5O3. The van der Waals surface area contributed by atoms with E-state index >= 15 is 0 Å². The molecule has 2 aromatic rings. The zero-order chi connectivity index (χ0) is 21.6. The average molecular weight is 426 g/mol. The highest BCUT2D eigenvalue weighted by atomic mass is 16.5. The van der Waals surface area contributed by atoms with E-state index in [9.17, 15) is 9.59 Å². The lowest BCUT2D eigenvalue weighted by molar-refractivity contribution is -0.122. The Balaban J connectivity index is 1.20. The Kier molecular flexibility index (Phi) is 6.86. The summed E-state index contributed by atoms with van der Waals surface area (Å²) < 4.78 is 7.43. The van der Waals surface area contributed by atoms with E-state index in [1.165, 1.54) is 0 Å². The van der Waals surface area contributed by atoms with Crippen LogP contribution in [0.25, 0.3) is 0 Å². The van der Waals surface area contributed by atoms with E-state index in [1.54, 1.807) is 10.9 Å². The van der Waals surface area contributed by atoms with E-state index in [4.69, 9.17) is 4.74 Å². The van der Waals surface area contributed by atoms with Gasteiger partial charge in [-0.25, -0.2) is 0 Å². The predicted octanol–water partition coefficient (Wildman–Crippen LogP) is 1.61. The number of carbonyl (C=O) groups excluding carboxylic acids is 2. The Hall–Kier alpha value is -2.87. The van der Waals surface area contributed by atoms with Gasteiger partial charge >= 0.3 is 0 Å². The second-order valence-corrected chi connectivity index (χ2v) is 8.36. The molecule has 31 heavy (non-hydrogen) atoms. The summed E-state index contributed by atoms with van der Waals surface area (Å²) in [7, 11) is 2.04. The van der Waals surface area contributed by atoms with E-state index in [0.717, 1.165) is 43.6 Å². The van der Waals surface area contributed by atoms with Gasteiger partial charge in [0.25, 0.3) is 5.91 Å². The van der Waals surface area contributed by atoms with Crippen molar-refractivity contribution in [2.45, 2.75) is 50.7 Å². The van der Waals surface area contributed by atoms with E-state index in [2.05, 4.69) is 20.6 Å². The van der Waals surface area contributed by atoms with Crippen LogP contribution in [-0.2, 0) is 17.8 Å². The molecule has 1 aromatic heterocycles. The van der Waals surface area contributed by atoms with Gasteiger partial charge in [0.05, 0.1) is 13.2 Å². The molecule has 0 radical (unpaired) electrons. The second-order valence-electron chi connectivity index (χ2n) is 8.36.